The quantitative estimate of drug-likeness (QED) is 0.233. The molecule has 0 saturated carbocycles. The molecular formula is C27H31O2P. The highest BCUT2D eigenvalue weighted by molar-refractivity contribution is 7.79. The van der Waals surface area contributed by atoms with E-state index in [4.69, 9.17) is 4.74 Å². The van der Waals surface area contributed by atoms with Gasteiger partial charge in [-0.1, -0.05) is 104 Å². The Labute approximate surface area is 182 Å². The number of hydrogen-bond acceptors (Lipinski definition) is 2. The number of rotatable bonds is 11. The van der Waals surface area contributed by atoms with Crippen LogP contribution < -0.4 is 15.9 Å². The molecular weight excluding hydrogens is 387 g/mol. The van der Waals surface area contributed by atoms with Gasteiger partial charge in [0.15, 0.2) is 0 Å². The molecule has 3 aromatic rings. The summed E-state index contributed by atoms with van der Waals surface area (Å²) < 4.78 is 5.01. The van der Waals surface area contributed by atoms with Gasteiger partial charge in [0.1, 0.15) is 0 Å². The largest absolute Gasteiger partial charge is 0.466 e. The molecule has 0 radical (unpaired) electrons. The molecule has 3 rings (SSSR count). The minimum Gasteiger partial charge on any atom is -0.466 e. The van der Waals surface area contributed by atoms with Crippen LogP contribution in [0.1, 0.15) is 44.6 Å². The summed E-state index contributed by atoms with van der Waals surface area (Å²) in [6, 6.07) is 30.8. The second-order valence-corrected chi connectivity index (χ2v) is 9.68. The molecule has 0 aliphatic carbocycles. The Balaban J connectivity index is 1.66. The molecule has 156 valence electrons. The van der Waals surface area contributed by atoms with E-state index >= 15 is 0 Å². The molecule has 3 heteroatoms. The molecule has 0 aliphatic heterocycles. The van der Waals surface area contributed by atoms with Crippen molar-refractivity contribution in [2.45, 2.75) is 45.4 Å². The van der Waals surface area contributed by atoms with E-state index in [9.17, 15) is 4.79 Å². The fourth-order valence-electron chi connectivity index (χ4n) is 3.69. The van der Waals surface area contributed by atoms with Gasteiger partial charge in [-0.3, -0.25) is 4.79 Å². The van der Waals surface area contributed by atoms with Crippen molar-refractivity contribution in [1.82, 2.24) is 0 Å². The van der Waals surface area contributed by atoms with Gasteiger partial charge >= 0.3 is 5.97 Å². The summed E-state index contributed by atoms with van der Waals surface area (Å²) in [5, 5.41) is 4.27. The molecule has 30 heavy (non-hydrogen) atoms. The molecule has 0 aromatic heterocycles. The van der Waals surface area contributed by atoms with Gasteiger partial charge < -0.3 is 4.74 Å². The normalized spacial score (nSPS) is 10.9. The predicted molar refractivity (Wildman–Crippen MR) is 129 cm³/mol. The molecule has 0 atom stereocenters. The lowest BCUT2D eigenvalue weighted by Gasteiger charge is -2.22. The van der Waals surface area contributed by atoms with Crippen LogP contribution in [-0.2, 0) is 16.0 Å². The minimum atomic E-state index is -0.554. The smallest absolute Gasteiger partial charge is 0.302 e. The van der Waals surface area contributed by atoms with Crippen molar-refractivity contribution in [2.24, 2.45) is 0 Å². The molecule has 0 spiro atoms. The molecule has 0 unspecified atom stereocenters. The van der Waals surface area contributed by atoms with Crippen molar-refractivity contribution in [3.05, 3.63) is 90.5 Å². The SMILES string of the molecule is CC(=O)OCCCCCCCc1ccccc1P(c1ccccc1)c1ccccc1. The highest BCUT2D eigenvalue weighted by Crippen LogP contribution is 2.34. The Bertz CT molecular complexity index is 854. The number of aryl methyl sites for hydroxylation is 1. The van der Waals surface area contributed by atoms with Crippen LogP contribution in [0.15, 0.2) is 84.9 Å². The van der Waals surface area contributed by atoms with Gasteiger partial charge in [0, 0.05) is 6.92 Å². The average molecular weight is 419 g/mol. The Kier molecular flexibility index (Phi) is 9.12. The number of esters is 1. The molecule has 0 fully saturated rings. The van der Waals surface area contributed by atoms with Crippen molar-refractivity contribution >= 4 is 29.8 Å². The van der Waals surface area contributed by atoms with E-state index in [0.29, 0.717) is 6.61 Å². The predicted octanol–water partition coefficient (Wildman–Crippen LogP) is 5.50. The summed E-state index contributed by atoms with van der Waals surface area (Å²) in [5.74, 6) is -0.181. The van der Waals surface area contributed by atoms with Crippen LogP contribution in [0.5, 0.6) is 0 Å². The van der Waals surface area contributed by atoms with Gasteiger partial charge in [-0.2, -0.15) is 0 Å². The number of unbranched alkanes of at least 4 members (excludes halogenated alkanes) is 4. The topological polar surface area (TPSA) is 26.3 Å². The van der Waals surface area contributed by atoms with Gasteiger partial charge in [0.25, 0.3) is 0 Å². The maximum atomic E-state index is 10.8. The lowest BCUT2D eigenvalue weighted by atomic mass is 10.1. The number of benzene rings is 3. The van der Waals surface area contributed by atoms with Gasteiger partial charge in [0.2, 0.25) is 0 Å². The number of carbonyl (C=O) groups is 1. The van der Waals surface area contributed by atoms with E-state index in [-0.39, 0.29) is 5.97 Å². The van der Waals surface area contributed by atoms with Crippen LogP contribution in [0, 0.1) is 0 Å². The molecule has 0 N–H and O–H groups in total. The van der Waals surface area contributed by atoms with E-state index < -0.39 is 7.92 Å². The molecule has 0 heterocycles. The van der Waals surface area contributed by atoms with Crippen LogP contribution >= 0.6 is 7.92 Å². The van der Waals surface area contributed by atoms with E-state index in [1.807, 2.05) is 0 Å². The van der Waals surface area contributed by atoms with Crippen molar-refractivity contribution in [1.29, 1.82) is 0 Å². The summed E-state index contributed by atoms with van der Waals surface area (Å²) in [6.07, 6.45) is 6.79. The van der Waals surface area contributed by atoms with E-state index in [1.54, 1.807) is 0 Å². The second-order valence-electron chi connectivity index (χ2n) is 7.49. The van der Waals surface area contributed by atoms with E-state index in [0.717, 1.165) is 19.3 Å². The van der Waals surface area contributed by atoms with E-state index in [2.05, 4.69) is 84.9 Å². The Morgan fingerprint density at radius 3 is 1.87 bits per heavy atom. The zero-order valence-electron chi connectivity index (χ0n) is 17.8. The zero-order valence-corrected chi connectivity index (χ0v) is 18.7. The summed E-state index contributed by atoms with van der Waals surface area (Å²) in [6.45, 7) is 2.02. The Morgan fingerprint density at radius 1 is 0.700 bits per heavy atom. The van der Waals surface area contributed by atoms with Crippen LogP contribution in [-0.4, -0.2) is 12.6 Å². The monoisotopic (exact) mass is 418 g/mol. The van der Waals surface area contributed by atoms with Gasteiger partial charge in [0.05, 0.1) is 6.61 Å². The summed E-state index contributed by atoms with van der Waals surface area (Å²) in [5.41, 5.74) is 1.47. The number of hydrogen-bond donors (Lipinski definition) is 0. The average Bonchev–Trinajstić information content (AvgIpc) is 2.78. The third-order valence-electron chi connectivity index (χ3n) is 5.16. The third kappa shape index (κ3) is 6.82. The lowest BCUT2D eigenvalue weighted by Crippen LogP contribution is -2.23. The maximum Gasteiger partial charge on any atom is 0.302 e. The Morgan fingerprint density at radius 2 is 1.23 bits per heavy atom. The van der Waals surface area contributed by atoms with Crippen LogP contribution in [0.25, 0.3) is 0 Å². The first-order valence-electron chi connectivity index (χ1n) is 10.9. The Hall–Kier alpha value is -2.44. The fraction of sp³-hybridized carbons (Fsp3) is 0.296. The first-order valence-corrected chi connectivity index (χ1v) is 12.2. The van der Waals surface area contributed by atoms with Gasteiger partial charge in [-0.25, -0.2) is 0 Å². The van der Waals surface area contributed by atoms with Crippen LogP contribution in [0.4, 0.5) is 0 Å². The van der Waals surface area contributed by atoms with Gasteiger partial charge in [-0.05, 0) is 48.7 Å². The first-order chi connectivity index (χ1) is 14.8. The molecule has 2 nitrogen and oxygen atoms in total. The molecule has 0 saturated heterocycles. The molecule has 0 aliphatic rings. The lowest BCUT2D eigenvalue weighted by molar-refractivity contribution is -0.141. The number of carbonyl (C=O) groups excluding carboxylic acids is 1. The molecule has 3 aromatic carbocycles. The zero-order chi connectivity index (χ0) is 21.0. The highest BCUT2D eigenvalue weighted by atomic mass is 31.1. The highest BCUT2D eigenvalue weighted by Gasteiger charge is 2.18. The van der Waals surface area contributed by atoms with Crippen molar-refractivity contribution in [2.75, 3.05) is 6.61 Å². The van der Waals surface area contributed by atoms with E-state index in [1.165, 1.54) is 47.7 Å². The standard InChI is InChI=1S/C27H31O2P/c1-23(28)29-22-14-4-2-3-7-15-24-16-12-13-21-27(24)30(25-17-8-5-9-18-25)26-19-10-6-11-20-26/h5-6,8-13,16-21H,2-4,7,14-15,22H2,1H3. The van der Waals surface area contributed by atoms with Crippen molar-refractivity contribution in [3.8, 4) is 0 Å². The minimum absolute atomic E-state index is 0.181. The summed E-state index contributed by atoms with van der Waals surface area (Å²) >= 11 is 0. The van der Waals surface area contributed by atoms with Crippen LogP contribution in [0.3, 0.4) is 0 Å². The van der Waals surface area contributed by atoms with Crippen molar-refractivity contribution in [3.63, 3.8) is 0 Å². The first kappa shape index (κ1) is 22.2. The molecule has 0 bridgehead atoms. The van der Waals surface area contributed by atoms with Crippen LogP contribution in [0.2, 0.25) is 0 Å². The summed E-state index contributed by atoms with van der Waals surface area (Å²) in [7, 11) is -0.554. The fourth-order valence-corrected chi connectivity index (χ4v) is 6.19. The maximum absolute atomic E-state index is 10.8. The van der Waals surface area contributed by atoms with Gasteiger partial charge in [-0.15, -0.1) is 0 Å². The summed E-state index contributed by atoms with van der Waals surface area (Å²) in [4.78, 5) is 10.8. The second kappa shape index (κ2) is 12.3. The third-order valence-corrected chi connectivity index (χ3v) is 7.70. The number of ether oxygens (including phenoxy) is 1. The molecule has 0 amide bonds. The van der Waals surface area contributed by atoms with Crippen molar-refractivity contribution < 1.29 is 9.53 Å².